The highest BCUT2D eigenvalue weighted by molar-refractivity contribution is 6.13. The lowest BCUT2D eigenvalue weighted by Gasteiger charge is -2.10. The Morgan fingerprint density at radius 3 is 1.64 bits per heavy atom. The van der Waals surface area contributed by atoms with Crippen LogP contribution in [-0.2, 0) is 6.67 Å². The summed E-state index contributed by atoms with van der Waals surface area (Å²) in [4.78, 5) is 10.2. The normalized spacial score (nSPS) is 12.3. The number of para-hydroxylation sites is 3. The number of benzene rings is 8. The molecule has 10 rings (SSSR count). The smallest absolute Gasteiger partial charge is 0.158 e. The number of nitrogens with zero attached hydrogens (tertiary/aromatic N) is 4. The standard InChI is InChI=1S/C51H37N5/c52-50(36-17-6-2-7-18-36)54-51(40-20-14-19-37(31-40)35-15-4-1-5-16-35)53-34-55-46-25-12-10-23-42(46)44-32-38(27-29-47(44)55)39-28-30-49-45(33-39)43-24-11-13-26-48(43)56(49)41-21-8-3-9-22-41/h1-33H,34H2,(H2,52,53,54). The Morgan fingerprint density at radius 1 is 0.411 bits per heavy atom. The zero-order chi connectivity index (χ0) is 37.4. The number of amidine groups is 2. The van der Waals surface area contributed by atoms with Gasteiger partial charge in [-0.15, -0.1) is 0 Å². The van der Waals surface area contributed by atoms with E-state index in [-0.39, 0.29) is 0 Å². The summed E-state index contributed by atoms with van der Waals surface area (Å²) in [5, 5.41) is 4.84. The molecule has 0 atom stereocenters. The molecule has 0 aliphatic heterocycles. The maximum atomic E-state index is 6.64. The first kappa shape index (κ1) is 33.1. The van der Waals surface area contributed by atoms with Gasteiger partial charge in [-0.25, -0.2) is 9.98 Å². The number of aliphatic imine (C=N–C) groups is 2. The van der Waals surface area contributed by atoms with E-state index in [2.05, 4.69) is 173 Å². The van der Waals surface area contributed by atoms with Crippen molar-refractivity contribution < 1.29 is 0 Å². The minimum Gasteiger partial charge on any atom is -0.383 e. The van der Waals surface area contributed by atoms with Gasteiger partial charge in [-0.3, -0.25) is 0 Å². The summed E-state index contributed by atoms with van der Waals surface area (Å²) in [6, 6.07) is 70.1. The summed E-state index contributed by atoms with van der Waals surface area (Å²) in [5.74, 6) is 1.000. The second-order valence-corrected chi connectivity index (χ2v) is 14.0. The van der Waals surface area contributed by atoms with Gasteiger partial charge in [-0.05, 0) is 76.9 Å². The molecule has 0 spiro atoms. The SMILES string of the molecule is NC(=N/C(=N\Cn1c2ccccc2c2cc(-c3ccc4c(c3)c3ccccc3n4-c3ccccc3)ccc21)c1cccc(-c2ccccc2)c1)c1ccccc1. The summed E-state index contributed by atoms with van der Waals surface area (Å²) in [6.45, 7) is 0.366. The van der Waals surface area contributed by atoms with Crippen molar-refractivity contribution in [1.82, 2.24) is 9.13 Å². The van der Waals surface area contributed by atoms with Crippen LogP contribution in [0.15, 0.2) is 210 Å². The van der Waals surface area contributed by atoms with Crippen LogP contribution in [0.3, 0.4) is 0 Å². The molecule has 2 N–H and O–H groups in total. The third kappa shape index (κ3) is 5.92. The maximum Gasteiger partial charge on any atom is 0.158 e. The van der Waals surface area contributed by atoms with Crippen molar-refractivity contribution in [3.8, 4) is 27.9 Å². The summed E-state index contributed by atoms with van der Waals surface area (Å²) in [7, 11) is 0. The fourth-order valence-corrected chi connectivity index (χ4v) is 7.98. The number of hydrogen-bond donors (Lipinski definition) is 1. The number of rotatable bonds is 7. The molecule has 10 aromatic rings. The first-order valence-electron chi connectivity index (χ1n) is 18.9. The maximum absolute atomic E-state index is 6.64. The predicted molar refractivity (Wildman–Crippen MR) is 235 cm³/mol. The lowest BCUT2D eigenvalue weighted by molar-refractivity contribution is 0.791. The van der Waals surface area contributed by atoms with Gasteiger partial charge in [0, 0.05) is 38.4 Å². The Hall–Kier alpha value is -7.50. The predicted octanol–water partition coefficient (Wildman–Crippen LogP) is 12.0. The fourth-order valence-electron chi connectivity index (χ4n) is 7.98. The first-order chi connectivity index (χ1) is 27.7. The molecular weight excluding hydrogens is 683 g/mol. The summed E-state index contributed by atoms with van der Waals surface area (Å²) in [5.41, 5.74) is 18.7. The topological polar surface area (TPSA) is 60.6 Å². The summed E-state index contributed by atoms with van der Waals surface area (Å²) in [6.07, 6.45) is 0. The number of aromatic nitrogens is 2. The molecule has 0 bridgehead atoms. The quantitative estimate of drug-likeness (QED) is 0.129. The van der Waals surface area contributed by atoms with Gasteiger partial charge >= 0.3 is 0 Å². The molecule has 8 aromatic carbocycles. The largest absolute Gasteiger partial charge is 0.383 e. The third-order valence-electron chi connectivity index (χ3n) is 10.7. The summed E-state index contributed by atoms with van der Waals surface area (Å²) < 4.78 is 4.63. The van der Waals surface area contributed by atoms with Crippen LogP contribution in [0.4, 0.5) is 0 Å². The lowest BCUT2D eigenvalue weighted by Crippen LogP contribution is -2.16. The molecule has 0 saturated carbocycles. The van der Waals surface area contributed by atoms with Gasteiger partial charge in [0.15, 0.2) is 5.84 Å². The zero-order valence-electron chi connectivity index (χ0n) is 30.6. The van der Waals surface area contributed by atoms with Crippen molar-refractivity contribution in [2.75, 3.05) is 0 Å². The van der Waals surface area contributed by atoms with Crippen LogP contribution in [0.25, 0.3) is 71.6 Å². The van der Waals surface area contributed by atoms with Gasteiger partial charge in [-0.1, -0.05) is 146 Å². The van der Waals surface area contributed by atoms with Crippen LogP contribution in [0, 0.1) is 0 Å². The molecule has 0 aliphatic rings. The first-order valence-corrected chi connectivity index (χ1v) is 18.9. The van der Waals surface area contributed by atoms with Crippen LogP contribution in [0.1, 0.15) is 11.1 Å². The monoisotopic (exact) mass is 719 g/mol. The third-order valence-corrected chi connectivity index (χ3v) is 10.7. The molecular formula is C51H37N5. The Bertz CT molecular complexity index is 3100. The Balaban J connectivity index is 1.08. The van der Waals surface area contributed by atoms with E-state index in [1.807, 2.05) is 36.4 Å². The van der Waals surface area contributed by atoms with E-state index in [1.165, 1.54) is 43.7 Å². The second kappa shape index (κ2) is 14.0. The van der Waals surface area contributed by atoms with E-state index >= 15 is 0 Å². The van der Waals surface area contributed by atoms with E-state index in [9.17, 15) is 0 Å². The van der Waals surface area contributed by atoms with Crippen molar-refractivity contribution in [2.45, 2.75) is 6.67 Å². The zero-order valence-corrected chi connectivity index (χ0v) is 30.6. The van der Waals surface area contributed by atoms with Gasteiger partial charge in [-0.2, -0.15) is 0 Å². The minimum atomic E-state index is 0.366. The van der Waals surface area contributed by atoms with Crippen molar-refractivity contribution in [3.63, 3.8) is 0 Å². The molecule has 2 aromatic heterocycles. The van der Waals surface area contributed by atoms with E-state index < -0.39 is 0 Å². The van der Waals surface area contributed by atoms with Crippen LogP contribution in [-0.4, -0.2) is 20.8 Å². The van der Waals surface area contributed by atoms with Crippen LogP contribution >= 0.6 is 0 Å². The molecule has 0 unspecified atom stereocenters. The van der Waals surface area contributed by atoms with Crippen molar-refractivity contribution in [1.29, 1.82) is 0 Å². The molecule has 56 heavy (non-hydrogen) atoms. The number of fused-ring (bicyclic) bond motifs is 6. The van der Waals surface area contributed by atoms with Gasteiger partial charge in [0.05, 0.1) is 22.1 Å². The van der Waals surface area contributed by atoms with E-state index in [4.69, 9.17) is 15.7 Å². The number of hydrogen-bond acceptors (Lipinski definition) is 1. The molecule has 266 valence electrons. The average molecular weight is 720 g/mol. The van der Waals surface area contributed by atoms with E-state index in [0.717, 1.165) is 39.0 Å². The molecule has 0 aliphatic carbocycles. The average Bonchev–Trinajstić information content (AvgIpc) is 3.77. The highest BCUT2D eigenvalue weighted by Gasteiger charge is 2.16. The van der Waals surface area contributed by atoms with Crippen LogP contribution in [0.2, 0.25) is 0 Å². The Kier molecular flexibility index (Phi) is 8.30. The van der Waals surface area contributed by atoms with Gasteiger partial charge in [0.25, 0.3) is 0 Å². The second-order valence-electron chi connectivity index (χ2n) is 14.0. The van der Waals surface area contributed by atoms with Gasteiger partial charge in [0.2, 0.25) is 0 Å². The summed E-state index contributed by atoms with van der Waals surface area (Å²) >= 11 is 0. The Morgan fingerprint density at radius 2 is 0.911 bits per heavy atom. The van der Waals surface area contributed by atoms with Gasteiger partial charge in [0.1, 0.15) is 12.5 Å². The minimum absolute atomic E-state index is 0.366. The highest BCUT2D eigenvalue weighted by atomic mass is 15.1. The molecule has 0 saturated heterocycles. The van der Waals surface area contributed by atoms with Crippen molar-refractivity contribution in [3.05, 3.63) is 211 Å². The van der Waals surface area contributed by atoms with E-state index in [1.54, 1.807) is 0 Å². The van der Waals surface area contributed by atoms with Crippen LogP contribution < -0.4 is 5.73 Å². The Labute approximate surface area is 325 Å². The number of nitrogens with two attached hydrogens (primary N) is 1. The van der Waals surface area contributed by atoms with Crippen LogP contribution in [0.5, 0.6) is 0 Å². The molecule has 2 heterocycles. The molecule has 5 nitrogen and oxygen atoms in total. The molecule has 0 radical (unpaired) electrons. The van der Waals surface area contributed by atoms with Crippen molar-refractivity contribution in [2.24, 2.45) is 15.7 Å². The highest BCUT2D eigenvalue weighted by Crippen LogP contribution is 2.37. The van der Waals surface area contributed by atoms with Crippen molar-refractivity contribution >= 4 is 55.3 Å². The fraction of sp³-hybridized carbons (Fsp3) is 0.0196. The molecule has 0 fully saturated rings. The molecule has 5 heteroatoms. The van der Waals surface area contributed by atoms with E-state index in [0.29, 0.717) is 18.3 Å². The lowest BCUT2D eigenvalue weighted by atomic mass is 10.0. The molecule has 0 amide bonds. The van der Waals surface area contributed by atoms with Gasteiger partial charge < -0.3 is 14.9 Å².